The molecule has 1 heterocycles. The number of carbonyl (C=O) groups excluding carboxylic acids is 1. The number of thiophene rings is 1. The topological polar surface area (TPSA) is 38.3 Å². The van der Waals surface area contributed by atoms with Gasteiger partial charge in [-0.3, -0.25) is 5.32 Å². The number of methoxy groups -OCH3 is 1. The van der Waals surface area contributed by atoms with Gasteiger partial charge >= 0.3 is 5.97 Å². The molecule has 1 aliphatic rings. The van der Waals surface area contributed by atoms with E-state index < -0.39 is 0 Å². The lowest BCUT2D eigenvalue weighted by Crippen LogP contribution is -2.30. The van der Waals surface area contributed by atoms with E-state index in [9.17, 15) is 4.79 Å². The summed E-state index contributed by atoms with van der Waals surface area (Å²) in [6.07, 6.45) is 2.33. The molecule has 15 heavy (non-hydrogen) atoms. The minimum absolute atomic E-state index is 0.191. The fraction of sp³-hybridized carbons (Fsp3) is 0.545. The van der Waals surface area contributed by atoms with E-state index in [1.807, 2.05) is 19.1 Å². The molecular weight excluding hydrogens is 210 g/mol. The van der Waals surface area contributed by atoms with Crippen LogP contribution in [0.3, 0.4) is 0 Å². The molecule has 0 saturated heterocycles. The normalized spacial score (nSPS) is 17.5. The Morgan fingerprint density at radius 2 is 2.33 bits per heavy atom. The molecule has 0 spiro atoms. The Hall–Kier alpha value is -0.870. The lowest BCUT2D eigenvalue weighted by atomic mass is 10.2. The quantitative estimate of drug-likeness (QED) is 0.797. The van der Waals surface area contributed by atoms with E-state index in [-0.39, 0.29) is 12.0 Å². The number of esters is 1. The second-order valence-corrected chi connectivity index (χ2v) is 5.17. The van der Waals surface area contributed by atoms with Gasteiger partial charge in [-0.1, -0.05) is 0 Å². The van der Waals surface area contributed by atoms with Gasteiger partial charge in [0.05, 0.1) is 7.11 Å². The van der Waals surface area contributed by atoms with Crippen LogP contribution in [0.1, 0.15) is 28.6 Å². The zero-order chi connectivity index (χ0) is 10.8. The lowest BCUT2D eigenvalue weighted by molar-refractivity contribution is -0.143. The monoisotopic (exact) mass is 225 g/mol. The van der Waals surface area contributed by atoms with Crippen molar-refractivity contribution in [2.75, 3.05) is 7.11 Å². The Morgan fingerprint density at radius 3 is 2.80 bits per heavy atom. The van der Waals surface area contributed by atoms with Gasteiger partial charge in [0, 0.05) is 15.8 Å². The van der Waals surface area contributed by atoms with Crippen LogP contribution in [0.15, 0.2) is 12.1 Å². The van der Waals surface area contributed by atoms with Gasteiger partial charge in [0.1, 0.15) is 6.04 Å². The fourth-order valence-electron chi connectivity index (χ4n) is 1.48. The van der Waals surface area contributed by atoms with Crippen LogP contribution < -0.4 is 5.32 Å². The number of carbonyl (C=O) groups is 1. The van der Waals surface area contributed by atoms with Crippen LogP contribution >= 0.6 is 11.3 Å². The summed E-state index contributed by atoms with van der Waals surface area (Å²) in [5, 5.41) is 3.31. The maximum atomic E-state index is 11.6. The van der Waals surface area contributed by atoms with Gasteiger partial charge in [-0.25, -0.2) is 4.79 Å². The highest BCUT2D eigenvalue weighted by atomic mass is 32.1. The standard InChI is InChI=1S/C11H15NO2S/c1-7-3-6-9(15-7)10(11(13)14-2)12-8-4-5-8/h3,6,8,10,12H,4-5H2,1-2H3. The van der Waals surface area contributed by atoms with E-state index in [1.165, 1.54) is 12.0 Å². The molecule has 2 rings (SSSR count). The minimum atomic E-state index is -0.277. The number of rotatable bonds is 4. The molecule has 0 aliphatic heterocycles. The largest absolute Gasteiger partial charge is 0.468 e. The predicted octanol–water partition coefficient (Wildman–Crippen LogP) is 2.02. The number of aryl methyl sites for hydroxylation is 1. The first-order valence-corrected chi connectivity index (χ1v) is 5.92. The van der Waals surface area contributed by atoms with Crippen molar-refractivity contribution in [2.45, 2.75) is 31.8 Å². The number of hydrogen-bond donors (Lipinski definition) is 1. The van der Waals surface area contributed by atoms with Gasteiger partial charge in [0.2, 0.25) is 0 Å². The zero-order valence-electron chi connectivity index (χ0n) is 8.95. The Balaban J connectivity index is 2.12. The summed E-state index contributed by atoms with van der Waals surface area (Å²) in [5.41, 5.74) is 0. The van der Waals surface area contributed by atoms with Gasteiger partial charge < -0.3 is 4.74 Å². The SMILES string of the molecule is COC(=O)C(NC1CC1)c1ccc(C)s1. The van der Waals surface area contributed by atoms with Crippen molar-refractivity contribution in [3.63, 3.8) is 0 Å². The Labute approximate surface area is 93.4 Å². The summed E-state index contributed by atoms with van der Waals surface area (Å²) in [5.74, 6) is -0.191. The summed E-state index contributed by atoms with van der Waals surface area (Å²) in [6.45, 7) is 2.04. The molecule has 1 aliphatic carbocycles. The Morgan fingerprint density at radius 1 is 1.60 bits per heavy atom. The van der Waals surface area contributed by atoms with E-state index in [2.05, 4.69) is 5.32 Å². The summed E-state index contributed by atoms with van der Waals surface area (Å²) < 4.78 is 4.81. The van der Waals surface area contributed by atoms with Gasteiger partial charge in [-0.15, -0.1) is 11.3 Å². The summed E-state index contributed by atoms with van der Waals surface area (Å²) >= 11 is 1.65. The van der Waals surface area contributed by atoms with Gasteiger partial charge in [0.25, 0.3) is 0 Å². The Bertz CT molecular complexity index is 357. The molecule has 1 aromatic heterocycles. The van der Waals surface area contributed by atoms with Crippen molar-refractivity contribution < 1.29 is 9.53 Å². The number of ether oxygens (including phenoxy) is 1. The minimum Gasteiger partial charge on any atom is -0.468 e. The van der Waals surface area contributed by atoms with Crippen LogP contribution in [0.5, 0.6) is 0 Å². The van der Waals surface area contributed by atoms with E-state index in [4.69, 9.17) is 4.74 Å². The Kier molecular flexibility index (Phi) is 3.07. The molecule has 1 N–H and O–H groups in total. The molecule has 82 valence electrons. The number of hydrogen-bond acceptors (Lipinski definition) is 4. The third-order valence-corrected chi connectivity index (χ3v) is 3.53. The molecular formula is C11H15NO2S. The highest BCUT2D eigenvalue weighted by molar-refractivity contribution is 7.12. The lowest BCUT2D eigenvalue weighted by Gasteiger charge is -2.14. The van der Waals surface area contributed by atoms with Crippen LogP contribution in [-0.2, 0) is 9.53 Å². The summed E-state index contributed by atoms with van der Waals surface area (Å²) in [7, 11) is 1.43. The third-order valence-electron chi connectivity index (χ3n) is 2.46. The second-order valence-electron chi connectivity index (χ2n) is 3.85. The maximum Gasteiger partial charge on any atom is 0.328 e. The first-order chi connectivity index (χ1) is 7.20. The van der Waals surface area contributed by atoms with E-state index in [1.54, 1.807) is 11.3 Å². The molecule has 1 fully saturated rings. The molecule has 1 atom stereocenters. The summed E-state index contributed by atoms with van der Waals surface area (Å²) in [6, 6.07) is 4.25. The molecule has 0 radical (unpaired) electrons. The zero-order valence-corrected chi connectivity index (χ0v) is 9.76. The van der Waals surface area contributed by atoms with Crippen molar-refractivity contribution in [3.8, 4) is 0 Å². The number of nitrogens with one attached hydrogen (secondary N) is 1. The van der Waals surface area contributed by atoms with Crippen LogP contribution in [-0.4, -0.2) is 19.1 Å². The summed E-state index contributed by atoms with van der Waals surface area (Å²) in [4.78, 5) is 13.9. The van der Waals surface area contributed by atoms with E-state index in [0.717, 1.165) is 17.7 Å². The molecule has 1 aromatic rings. The smallest absolute Gasteiger partial charge is 0.328 e. The van der Waals surface area contributed by atoms with Gasteiger partial charge in [-0.2, -0.15) is 0 Å². The fourth-order valence-corrected chi connectivity index (χ4v) is 2.40. The average Bonchev–Trinajstić information content (AvgIpc) is 2.96. The van der Waals surface area contributed by atoms with Crippen molar-refractivity contribution in [1.29, 1.82) is 0 Å². The van der Waals surface area contributed by atoms with E-state index in [0.29, 0.717) is 6.04 Å². The molecule has 0 amide bonds. The van der Waals surface area contributed by atoms with Gasteiger partial charge in [-0.05, 0) is 31.9 Å². The molecule has 4 heteroatoms. The van der Waals surface area contributed by atoms with Crippen LogP contribution in [0.4, 0.5) is 0 Å². The molecule has 0 aromatic carbocycles. The van der Waals surface area contributed by atoms with Crippen molar-refractivity contribution >= 4 is 17.3 Å². The van der Waals surface area contributed by atoms with Crippen LogP contribution in [0, 0.1) is 6.92 Å². The molecule has 3 nitrogen and oxygen atoms in total. The van der Waals surface area contributed by atoms with Crippen molar-refractivity contribution in [2.24, 2.45) is 0 Å². The molecule has 1 saturated carbocycles. The van der Waals surface area contributed by atoms with Crippen molar-refractivity contribution in [3.05, 3.63) is 21.9 Å². The van der Waals surface area contributed by atoms with Crippen molar-refractivity contribution in [1.82, 2.24) is 5.32 Å². The highest BCUT2D eigenvalue weighted by Crippen LogP contribution is 2.28. The maximum absolute atomic E-state index is 11.6. The van der Waals surface area contributed by atoms with Gasteiger partial charge in [0.15, 0.2) is 0 Å². The highest BCUT2D eigenvalue weighted by Gasteiger charge is 2.30. The van der Waals surface area contributed by atoms with Crippen LogP contribution in [0.25, 0.3) is 0 Å². The van der Waals surface area contributed by atoms with Crippen LogP contribution in [0.2, 0.25) is 0 Å². The first kappa shape index (κ1) is 10.6. The predicted molar refractivity (Wildman–Crippen MR) is 60.0 cm³/mol. The third kappa shape index (κ3) is 2.58. The molecule has 0 bridgehead atoms. The first-order valence-electron chi connectivity index (χ1n) is 5.11. The second kappa shape index (κ2) is 4.33. The van der Waals surface area contributed by atoms with E-state index >= 15 is 0 Å². The average molecular weight is 225 g/mol. The molecule has 1 unspecified atom stereocenters.